The van der Waals surface area contributed by atoms with Crippen LogP contribution in [0.1, 0.15) is 6.92 Å². The lowest BCUT2D eigenvalue weighted by atomic mass is 9.84. The normalized spacial score (nSPS) is 25.3. The van der Waals surface area contributed by atoms with E-state index >= 15 is 0 Å². The maximum atomic E-state index is 13.4. The number of hydrogen-bond acceptors (Lipinski definition) is 5. The molecular formula is C11H13F3N2O5. The summed E-state index contributed by atoms with van der Waals surface area (Å²) in [6, 6.07) is 0. The molecule has 7 nitrogen and oxygen atoms in total. The van der Waals surface area contributed by atoms with Gasteiger partial charge in [-0.1, -0.05) is 6.58 Å². The smallest absolute Gasteiger partial charge is 0.422 e. The summed E-state index contributed by atoms with van der Waals surface area (Å²) in [6.07, 6.45) is -6.77. The number of methoxy groups -OCH3 is 1. The highest BCUT2D eigenvalue weighted by Gasteiger charge is 2.72. The van der Waals surface area contributed by atoms with Gasteiger partial charge in [0.2, 0.25) is 5.54 Å². The third-order valence-electron chi connectivity index (χ3n) is 2.87. The number of carbonyl (C=O) groups excluding carboxylic acids is 3. The topological polar surface area (TPSA) is 93.7 Å². The first-order valence-corrected chi connectivity index (χ1v) is 5.71. The van der Waals surface area contributed by atoms with Gasteiger partial charge in [0, 0.05) is 5.70 Å². The summed E-state index contributed by atoms with van der Waals surface area (Å²) in [5.41, 5.74) is -4.05. The summed E-state index contributed by atoms with van der Waals surface area (Å²) in [6.45, 7) is 4.34. The van der Waals surface area contributed by atoms with Gasteiger partial charge in [-0.25, -0.2) is 4.79 Å². The lowest BCUT2D eigenvalue weighted by Crippen LogP contribution is -2.67. The van der Waals surface area contributed by atoms with E-state index in [0.29, 0.717) is 0 Å². The molecule has 0 saturated carbocycles. The van der Waals surface area contributed by atoms with Crippen molar-refractivity contribution in [3.8, 4) is 0 Å². The second-order valence-electron chi connectivity index (χ2n) is 4.09. The minimum absolute atomic E-state index is 0.217. The molecule has 2 N–H and O–H groups in total. The zero-order valence-electron chi connectivity index (χ0n) is 11.2. The van der Waals surface area contributed by atoms with Crippen LogP contribution >= 0.6 is 0 Å². The first-order chi connectivity index (χ1) is 9.61. The number of ether oxygens (including phenoxy) is 2. The highest BCUT2D eigenvalue weighted by Crippen LogP contribution is 2.43. The van der Waals surface area contributed by atoms with E-state index in [4.69, 9.17) is 0 Å². The third kappa shape index (κ3) is 2.65. The van der Waals surface area contributed by atoms with Crippen molar-refractivity contribution in [1.29, 1.82) is 0 Å². The molecule has 1 heterocycles. The van der Waals surface area contributed by atoms with Crippen LogP contribution in [0.2, 0.25) is 0 Å². The molecule has 0 radical (unpaired) electrons. The van der Waals surface area contributed by atoms with Gasteiger partial charge in [0.15, 0.2) is 0 Å². The lowest BCUT2D eigenvalue weighted by Gasteiger charge is -2.33. The summed E-state index contributed by atoms with van der Waals surface area (Å²) >= 11 is 0. The fraction of sp³-hybridized carbons (Fsp3) is 0.545. The van der Waals surface area contributed by atoms with Crippen LogP contribution in [0.4, 0.5) is 18.0 Å². The van der Waals surface area contributed by atoms with Gasteiger partial charge >= 0.3 is 18.2 Å². The fourth-order valence-electron chi connectivity index (χ4n) is 1.97. The van der Waals surface area contributed by atoms with Crippen molar-refractivity contribution < 1.29 is 37.0 Å². The van der Waals surface area contributed by atoms with Crippen molar-refractivity contribution in [3.63, 3.8) is 0 Å². The summed E-state index contributed by atoms with van der Waals surface area (Å²) in [5.74, 6) is -5.16. The van der Waals surface area contributed by atoms with E-state index < -0.39 is 41.3 Å². The molecule has 1 aliphatic rings. The average Bonchev–Trinajstić information content (AvgIpc) is 2.60. The predicted octanol–water partition coefficient (Wildman–Crippen LogP) is 0.466. The predicted molar refractivity (Wildman–Crippen MR) is 61.7 cm³/mol. The van der Waals surface area contributed by atoms with Crippen LogP contribution in [0, 0.1) is 5.92 Å². The summed E-state index contributed by atoms with van der Waals surface area (Å²) in [7, 11) is 0.851. The van der Waals surface area contributed by atoms with Crippen LogP contribution in [-0.2, 0) is 19.1 Å². The highest BCUT2D eigenvalue weighted by molar-refractivity contribution is 6.02. The molecule has 0 aromatic heterocycles. The molecule has 0 aliphatic carbocycles. The fourth-order valence-corrected chi connectivity index (χ4v) is 1.97. The molecule has 0 aromatic rings. The van der Waals surface area contributed by atoms with Gasteiger partial charge in [-0.05, 0) is 6.92 Å². The van der Waals surface area contributed by atoms with Crippen molar-refractivity contribution in [2.45, 2.75) is 18.6 Å². The van der Waals surface area contributed by atoms with Crippen LogP contribution in [0.15, 0.2) is 12.3 Å². The van der Waals surface area contributed by atoms with Crippen molar-refractivity contribution in [2.75, 3.05) is 13.7 Å². The molecule has 2 amide bonds. The van der Waals surface area contributed by atoms with Gasteiger partial charge in [-0.2, -0.15) is 13.2 Å². The van der Waals surface area contributed by atoms with Crippen molar-refractivity contribution >= 4 is 18.0 Å². The van der Waals surface area contributed by atoms with E-state index in [1.807, 2.05) is 0 Å². The second-order valence-corrected chi connectivity index (χ2v) is 4.09. The Bertz CT molecular complexity index is 491. The van der Waals surface area contributed by atoms with Gasteiger partial charge in [0.1, 0.15) is 5.92 Å². The summed E-state index contributed by atoms with van der Waals surface area (Å²) < 4.78 is 48.8. The largest absolute Gasteiger partial charge is 0.468 e. The second kappa shape index (κ2) is 5.62. The first kappa shape index (κ1) is 16.8. The molecule has 0 bridgehead atoms. The van der Waals surface area contributed by atoms with Crippen molar-refractivity contribution in [1.82, 2.24) is 10.6 Å². The van der Waals surface area contributed by atoms with Gasteiger partial charge in [-0.15, -0.1) is 0 Å². The minimum atomic E-state index is -5.28. The Morgan fingerprint density at radius 3 is 2.48 bits per heavy atom. The van der Waals surface area contributed by atoms with Gasteiger partial charge in [-0.3, -0.25) is 14.9 Å². The number of rotatable bonds is 3. The van der Waals surface area contributed by atoms with E-state index in [9.17, 15) is 27.6 Å². The minimum Gasteiger partial charge on any atom is -0.468 e. The number of halogens is 3. The Labute approximate surface area is 117 Å². The first-order valence-electron chi connectivity index (χ1n) is 5.71. The van der Waals surface area contributed by atoms with Crippen LogP contribution in [-0.4, -0.2) is 43.4 Å². The lowest BCUT2D eigenvalue weighted by molar-refractivity contribution is -0.207. The molecular weight excluding hydrogens is 297 g/mol. The van der Waals surface area contributed by atoms with Crippen LogP contribution in [0.25, 0.3) is 0 Å². The van der Waals surface area contributed by atoms with E-state index in [-0.39, 0.29) is 6.61 Å². The van der Waals surface area contributed by atoms with E-state index in [1.54, 1.807) is 5.32 Å². The quantitative estimate of drug-likeness (QED) is 0.739. The number of hydrogen-bond donors (Lipinski definition) is 2. The zero-order chi connectivity index (χ0) is 16.4. The van der Waals surface area contributed by atoms with E-state index in [1.165, 1.54) is 12.2 Å². The highest BCUT2D eigenvalue weighted by atomic mass is 19.4. The van der Waals surface area contributed by atoms with Crippen molar-refractivity contribution in [2.24, 2.45) is 5.92 Å². The molecule has 1 aliphatic heterocycles. The van der Waals surface area contributed by atoms with Crippen LogP contribution in [0.5, 0.6) is 0 Å². The molecule has 10 heteroatoms. The molecule has 1 fully saturated rings. The molecule has 1 rings (SSSR count). The van der Waals surface area contributed by atoms with E-state index in [2.05, 4.69) is 16.1 Å². The summed E-state index contributed by atoms with van der Waals surface area (Å²) in [5, 5.41) is 3.22. The number of alkyl carbamates (subject to hydrolysis) is 1. The third-order valence-corrected chi connectivity index (χ3v) is 2.87. The standard InChI is InChI=1S/C11H13F3N2O5/c1-4-21-9(19)16-10(11(12,13)14)6(7(17)20-3)5(2)15-8(10)18/h6H,2,4H2,1,3H3,(H,15,18)(H,16,19)/t6-,10+/m1/s1. The maximum absolute atomic E-state index is 13.4. The molecule has 1 saturated heterocycles. The number of esters is 1. The number of nitrogens with one attached hydrogen (secondary N) is 2. The number of carbonyl (C=O) groups is 3. The molecule has 2 atom stereocenters. The molecule has 0 unspecified atom stereocenters. The molecule has 0 aromatic carbocycles. The zero-order valence-corrected chi connectivity index (χ0v) is 11.2. The van der Waals surface area contributed by atoms with Gasteiger partial charge < -0.3 is 14.8 Å². The van der Waals surface area contributed by atoms with Crippen molar-refractivity contribution in [3.05, 3.63) is 12.3 Å². The average molecular weight is 310 g/mol. The molecule has 21 heavy (non-hydrogen) atoms. The Hall–Kier alpha value is -2.26. The van der Waals surface area contributed by atoms with E-state index in [0.717, 1.165) is 7.11 Å². The maximum Gasteiger partial charge on any atom is 0.422 e. The number of alkyl halides is 3. The number of amides is 2. The Morgan fingerprint density at radius 1 is 1.48 bits per heavy atom. The summed E-state index contributed by atoms with van der Waals surface area (Å²) in [4.78, 5) is 34.7. The molecule has 0 spiro atoms. The SMILES string of the molecule is C=C1NC(=O)[C@](NC(=O)OCC)(C(F)(F)F)[C@H]1C(=O)OC. The Balaban J connectivity index is 3.38. The van der Waals surface area contributed by atoms with Gasteiger partial charge in [0.05, 0.1) is 13.7 Å². The van der Waals surface area contributed by atoms with Gasteiger partial charge in [0.25, 0.3) is 5.91 Å². The Morgan fingerprint density at radius 2 is 2.05 bits per heavy atom. The monoisotopic (exact) mass is 310 g/mol. The Kier molecular flexibility index (Phi) is 4.49. The van der Waals surface area contributed by atoms with Crippen LogP contribution < -0.4 is 10.6 Å². The molecule has 118 valence electrons. The van der Waals surface area contributed by atoms with Crippen LogP contribution in [0.3, 0.4) is 0 Å².